The summed E-state index contributed by atoms with van der Waals surface area (Å²) >= 11 is 0. The maximum Gasteiger partial charge on any atom is 0.0544 e. The zero-order valence-electron chi connectivity index (χ0n) is 13.3. The highest BCUT2D eigenvalue weighted by atomic mass is 15.2. The van der Waals surface area contributed by atoms with Gasteiger partial charge in [-0.15, -0.1) is 6.42 Å². The third kappa shape index (κ3) is 3.73. The standard InChI is InChI=1S/C18H28N2/c1-5-16-13-20(17-9-7-6-8-10-17)12-11-18(16)19-15(4)14(2)3/h1,14,17H,6-13H2,2-4H3. The molecule has 0 spiro atoms. The maximum atomic E-state index is 5.73. The van der Waals surface area contributed by atoms with E-state index < -0.39 is 0 Å². The number of nitrogens with zero attached hydrogens (tertiary/aromatic N) is 2. The molecule has 0 radical (unpaired) electrons. The minimum Gasteiger partial charge on any atom is -0.295 e. The van der Waals surface area contributed by atoms with Crippen LogP contribution in [0.2, 0.25) is 0 Å². The molecular formula is C18H28N2. The zero-order chi connectivity index (χ0) is 14.5. The van der Waals surface area contributed by atoms with Gasteiger partial charge in [-0.05, 0) is 25.7 Å². The van der Waals surface area contributed by atoms with E-state index in [1.54, 1.807) is 0 Å². The molecule has 2 rings (SSSR count). The van der Waals surface area contributed by atoms with E-state index in [9.17, 15) is 0 Å². The molecule has 0 unspecified atom stereocenters. The Labute approximate surface area is 124 Å². The van der Waals surface area contributed by atoms with Crippen LogP contribution in [0, 0.1) is 18.3 Å². The maximum absolute atomic E-state index is 5.73. The Morgan fingerprint density at radius 2 is 2.00 bits per heavy atom. The molecule has 20 heavy (non-hydrogen) atoms. The largest absolute Gasteiger partial charge is 0.295 e. The number of aliphatic imine (C=N–C) groups is 1. The summed E-state index contributed by atoms with van der Waals surface area (Å²) in [5, 5.41) is 0. The zero-order valence-corrected chi connectivity index (χ0v) is 13.3. The summed E-state index contributed by atoms with van der Waals surface area (Å²) in [6.07, 6.45) is 13.6. The molecule has 0 saturated heterocycles. The van der Waals surface area contributed by atoms with Gasteiger partial charge >= 0.3 is 0 Å². The molecule has 0 bridgehead atoms. The molecule has 0 atom stereocenters. The van der Waals surface area contributed by atoms with Gasteiger partial charge in [-0.1, -0.05) is 39.0 Å². The van der Waals surface area contributed by atoms with Gasteiger partial charge in [-0.3, -0.25) is 9.89 Å². The summed E-state index contributed by atoms with van der Waals surface area (Å²) < 4.78 is 0. The van der Waals surface area contributed by atoms with E-state index in [1.807, 2.05) is 0 Å². The second-order valence-corrected chi connectivity index (χ2v) is 6.49. The lowest BCUT2D eigenvalue weighted by molar-refractivity contribution is 0.164. The molecule has 1 fully saturated rings. The van der Waals surface area contributed by atoms with Crippen LogP contribution in [-0.4, -0.2) is 29.7 Å². The molecule has 0 aromatic carbocycles. The lowest BCUT2D eigenvalue weighted by Gasteiger charge is -2.37. The highest BCUT2D eigenvalue weighted by Gasteiger charge is 2.25. The van der Waals surface area contributed by atoms with Crippen molar-refractivity contribution in [2.75, 3.05) is 13.1 Å². The number of hydrogen-bond acceptors (Lipinski definition) is 2. The molecule has 1 aliphatic heterocycles. The van der Waals surface area contributed by atoms with Crippen LogP contribution in [0.5, 0.6) is 0 Å². The minimum absolute atomic E-state index is 0.498. The van der Waals surface area contributed by atoms with Crippen molar-refractivity contribution >= 4 is 5.71 Å². The monoisotopic (exact) mass is 272 g/mol. The van der Waals surface area contributed by atoms with Crippen LogP contribution in [0.15, 0.2) is 16.3 Å². The van der Waals surface area contributed by atoms with E-state index in [4.69, 9.17) is 11.4 Å². The first kappa shape index (κ1) is 15.3. The highest BCUT2D eigenvalue weighted by Crippen LogP contribution is 2.28. The second kappa shape index (κ2) is 7.09. The average molecular weight is 272 g/mol. The molecule has 1 heterocycles. The molecule has 2 aliphatic rings. The third-order valence-electron chi connectivity index (χ3n) is 4.76. The van der Waals surface area contributed by atoms with E-state index >= 15 is 0 Å². The summed E-state index contributed by atoms with van der Waals surface area (Å²) in [5.41, 5.74) is 3.46. The second-order valence-electron chi connectivity index (χ2n) is 6.49. The van der Waals surface area contributed by atoms with Gasteiger partial charge < -0.3 is 0 Å². The molecule has 0 amide bonds. The van der Waals surface area contributed by atoms with Crippen molar-refractivity contribution in [3.63, 3.8) is 0 Å². The normalized spacial score (nSPS) is 23.2. The smallest absolute Gasteiger partial charge is 0.0544 e. The van der Waals surface area contributed by atoms with Crippen molar-refractivity contribution in [1.82, 2.24) is 4.90 Å². The summed E-state index contributed by atoms with van der Waals surface area (Å²) in [6.45, 7) is 8.54. The molecule has 2 heteroatoms. The van der Waals surface area contributed by atoms with E-state index in [2.05, 4.69) is 31.6 Å². The van der Waals surface area contributed by atoms with Crippen molar-refractivity contribution in [2.24, 2.45) is 10.9 Å². The highest BCUT2D eigenvalue weighted by molar-refractivity contribution is 5.84. The SMILES string of the molecule is C#CC1=C(N=C(C)C(C)C)CCN(C2CCCCC2)C1. The summed E-state index contributed by atoms with van der Waals surface area (Å²) in [7, 11) is 0. The van der Waals surface area contributed by atoms with E-state index in [0.29, 0.717) is 5.92 Å². The molecule has 1 saturated carbocycles. The van der Waals surface area contributed by atoms with Crippen molar-refractivity contribution in [3.05, 3.63) is 11.3 Å². The van der Waals surface area contributed by atoms with Gasteiger partial charge in [0.2, 0.25) is 0 Å². The van der Waals surface area contributed by atoms with Gasteiger partial charge in [0.25, 0.3) is 0 Å². The predicted octanol–water partition coefficient (Wildman–Crippen LogP) is 4.03. The molecule has 2 nitrogen and oxygen atoms in total. The summed E-state index contributed by atoms with van der Waals surface area (Å²) in [4.78, 5) is 7.39. The molecule has 1 aliphatic carbocycles. The molecule has 0 aromatic rings. The fourth-order valence-electron chi connectivity index (χ4n) is 3.13. The van der Waals surface area contributed by atoms with Crippen LogP contribution in [0.4, 0.5) is 0 Å². The Kier molecular flexibility index (Phi) is 5.43. The summed E-state index contributed by atoms with van der Waals surface area (Å²) in [6, 6.07) is 0.754. The molecule has 0 N–H and O–H groups in total. The lowest BCUT2D eigenvalue weighted by Crippen LogP contribution is -2.41. The average Bonchev–Trinajstić information content (AvgIpc) is 2.48. The van der Waals surface area contributed by atoms with E-state index in [-0.39, 0.29) is 0 Å². The van der Waals surface area contributed by atoms with Crippen molar-refractivity contribution in [1.29, 1.82) is 0 Å². The number of terminal acetylenes is 1. The Balaban J connectivity index is 2.09. The van der Waals surface area contributed by atoms with Gasteiger partial charge in [0, 0.05) is 36.8 Å². The Morgan fingerprint density at radius 3 is 2.60 bits per heavy atom. The van der Waals surface area contributed by atoms with Gasteiger partial charge in [0.15, 0.2) is 0 Å². The van der Waals surface area contributed by atoms with Crippen molar-refractivity contribution in [2.45, 2.75) is 65.3 Å². The van der Waals surface area contributed by atoms with E-state index in [0.717, 1.165) is 36.8 Å². The summed E-state index contributed by atoms with van der Waals surface area (Å²) in [5.74, 6) is 3.40. The van der Waals surface area contributed by atoms with Crippen LogP contribution in [0.1, 0.15) is 59.3 Å². The predicted molar refractivity (Wildman–Crippen MR) is 86.9 cm³/mol. The van der Waals surface area contributed by atoms with Crippen LogP contribution < -0.4 is 0 Å². The van der Waals surface area contributed by atoms with Crippen LogP contribution in [0.3, 0.4) is 0 Å². The van der Waals surface area contributed by atoms with Crippen LogP contribution in [-0.2, 0) is 0 Å². The topological polar surface area (TPSA) is 15.6 Å². The Hall–Kier alpha value is -1.07. The first-order valence-corrected chi connectivity index (χ1v) is 8.09. The first-order valence-electron chi connectivity index (χ1n) is 8.09. The van der Waals surface area contributed by atoms with Gasteiger partial charge in [0.1, 0.15) is 0 Å². The van der Waals surface area contributed by atoms with Gasteiger partial charge in [0.05, 0.1) is 5.70 Å². The Bertz CT molecular complexity index is 431. The Morgan fingerprint density at radius 1 is 1.30 bits per heavy atom. The lowest BCUT2D eigenvalue weighted by atomic mass is 9.92. The minimum atomic E-state index is 0.498. The molecule has 110 valence electrons. The first-order chi connectivity index (χ1) is 9.61. The van der Waals surface area contributed by atoms with Crippen LogP contribution >= 0.6 is 0 Å². The third-order valence-corrected chi connectivity index (χ3v) is 4.76. The number of rotatable bonds is 3. The van der Waals surface area contributed by atoms with Crippen molar-refractivity contribution < 1.29 is 0 Å². The van der Waals surface area contributed by atoms with E-state index in [1.165, 1.54) is 37.8 Å². The fourth-order valence-corrected chi connectivity index (χ4v) is 3.13. The quantitative estimate of drug-likeness (QED) is 0.559. The number of hydrogen-bond donors (Lipinski definition) is 0. The molecule has 0 aromatic heterocycles. The molecular weight excluding hydrogens is 244 g/mol. The van der Waals surface area contributed by atoms with Gasteiger partial charge in [-0.2, -0.15) is 0 Å². The van der Waals surface area contributed by atoms with Crippen LogP contribution in [0.25, 0.3) is 0 Å². The fraction of sp³-hybridized carbons (Fsp3) is 0.722. The van der Waals surface area contributed by atoms with Crippen molar-refractivity contribution in [3.8, 4) is 12.3 Å². The van der Waals surface area contributed by atoms with Gasteiger partial charge in [-0.25, -0.2) is 0 Å².